The molecule has 14 heavy (non-hydrogen) atoms. The fourth-order valence-electron chi connectivity index (χ4n) is 2.59. The molecule has 0 aromatic heterocycles. The standard InChI is InChI=1S/C11H22N2O/c1-12-6-2-3-11(9-12)13(7-8-14)10-4-5-10/h10-11,14H,2-9H2,1H3. The van der Waals surface area contributed by atoms with Crippen molar-refractivity contribution in [1.82, 2.24) is 9.80 Å². The van der Waals surface area contributed by atoms with Gasteiger partial charge in [-0.2, -0.15) is 0 Å². The molecule has 1 N–H and O–H groups in total. The Morgan fingerprint density at radius 1 is 1.29 bits per heavy atom. The van der Waals surface area contributed by atoms with Crippen molar-refractivity contribution < 1.29 is 5.11 Å². The zero-order valence-corrected chi connectivity index (χ0v) is 9.15. The number of likely N-dealkylation sites (tertiary alicyclic amines) is 1. The van der Waals surface area contributed by atoms with Crippen molar-refractivity contribution in [3.8, 4) is 0 Å². The number of aliphatic hydroxyl groups is 1. The molecule has 1 saturated heterocycles. The van der Waals surface area contributed by atoms with Crippen LogP contribution in [0.25, 0.3) is 0 Å². The molecule has 2 fully saturated rings. The van der Waals surface area contributed by atoms with Crippen molar-refractivity contribution in [3.63, 3.8) is 0 Å². The van der Waals surface area contributed by atoms with Crippen LogP contribution < -0.4 is 0 Å². The zero-order valence-electron chi connectivity index (χ0n) is 9.15. The minimum absolute atomic E-state index is 0.316. The number of nitrogens with zero attached hydrogens (tertiary/aromatic N) is 2. The van der Waals surface area contributed by atoms with E-state index in [0.717, 1.165) is 12.6 Å². The van der Waals surface area contributed by atoms with Gasteiger partial charge in [0.05, 0.1) is 6.61 Å². The first-order valence-corrected chi connectivity index (χ1v) is 5.86. The SMILES string of the molecule is CN1CCCC(N(CCO)C2CC2)C1. The molecule has 1 aliphatic heterocycles. The van der Waals surface area contributed by atoms with E-state index in [9.17, 15) is 0 Å². The van der Waals surface area contributed by atoms with Crippen LogP contribution in [0, 0.1) is 0 Å². The van der Waals surface area contributed by atoms with E-state index in [2.05, 4.69) is 16.8 Å². The molecule has 2 aliphatic rings. The fourth-order valence-corrected chi connectivity index (χ4v) is 2.59. The van der Waals surface area contributed by atoms with Gasteiger partial charge in [-0.05, 0) is 39.3 Å². The molecule has 82 valence electrons. The van der Waals surface area contributed by atoms with Gasteiger partial charge in [-0.15, -0.1) is 0 Å². The molecule has 0 amide bonds. The molecule has 1 heterocycles. The Labute approximate surface area is 86.7 Å². The zero-order chi connectivity index (χ0) is 9.97. The predicted molar refractivity (Wildman–Crippen MR) is 57.3 cm³/mol. The first kappa shape index (κ1) is 10.4. The Morgan fingerprint density at radius 2 is 2.07 bits per heavy atom. The molecule has 2 rings (SSSR count). The van der Waals surface area contributed by atoms with E-state index in [1.165, 1.54) is 38.8 Å². The highest BCUT2D eigenvalue weighted by atomic mass is 16.3. The lowest BCUT2D eigenvalue weighted by molar-refractivity contribution is 0.0866. The third-order valence-electron chi connectivity index (χ3n) is 3.44. The van der Waals surface area contributed by atoms with Gasteiger partial charge in [0.1, 0.15) is 0 Å². The van der Waals surface area contributed by atoms with Gasteiger partial charge in [-0.1, -0.05) is 0 Å². The lowest BCUT2D eigenvalue weighted by atomic mass is 10.0. The normalized spacial score (nSPS) is 29.8. The van der Waals surface area contributed by atoms with Crippen LogP contribution in [-0.4, -0.2) is 60.3 Å². The van der Waals surface area contributed by atoms with E-state index >= 15 is 0 Å². The molecule has 3 heteroatoms. The Balaban J connectivity index is 1.88. The average molecular weight is 198 g/mol. The van der Waals surface area contributed by atoms with Crippen molar-refractivity contribution >= 4 is 0 Å². The van der Waals surface area contributed by atoms with E-state index in [-0.39, 0.29) is 0 Å². The molecule has 0 radical (unpaired) electrons. The van der Waals surface area contributed by atoms with Gasteiger partial charge in [-0.25, -0.2) is 0 Å². The molecule has 1 saturated carbocycles. The lowest BCUT2D eigenvalue weighted by Crippen LogP contribution is -2.48. The second-order valence-electron chi connectivity index (χ2n) is 4.75. The van der Waals surface area contributed by atoms with Crippen molar-refractivity contribution in [2.24, 2.45) is 0 Å². The van der Waals surface area contributed by atoms with Crippen LogP contribution in [0.4, 0.5) is 0 Å². The molecule has 0 spiro atoms. The molecule has 0 aromatic carbocycles. The maximum atomic E-state index is 9.05. The van der Waals surface area contributed by atoms with Crippen LogP contribution in [-0.2, 0) is 0 Å². The summed E-state index contributed by atoms with van der Waals surface area (Å²) >= 11 is 0. The Bertz CT molecular complexity index is 182. The molecule has 3 nitrogen and oxygen atoms in total. The van der Waals surface area contributed by atoms with E-state index in [4.69, 9.17) is 5.11 Å². The molecular formula is C11H22N2O. The first-order valence-electron chi connectivity index (χ1n) is 5.86. The van der Waals surface area contributed by atoms with Crippen LogP contribution in [0.2, 0.25) is 0 Å². The summed E-state index contributed by atoms with van der Waals surface area (Å²) in [6.07, 6.45) is 5.33. The Hall–Kier alpha value is -0.120. The summed E-state index contributed by atoms with van der Waals surface area (Å²) < 4.78 is 0. The molecule has 1 atom stereocenters. The second-order valence-corrected chi connectivity index (χ2v) is 4.75. The Morgan fingerprint density at radius 3 is 2.64 bits per heavy atom. The van der Waals surface area contributed by atoms with Gasteiger partial charge in [0.2, 0.25) is 0 Å². The van der Waals surface area contributed by atoms with E-state index in [1.807, 2.05) is 0 Å². The summed E-state index contributed by atoms with van der Waals surface area (Å²) in [5, 5.41) is 9.05. The highest BCUT2D eigenvalue weighted by Crippen LogP contribution is 2.30. The van der Waals surface area contributed by atoms with Gasteiger partial charge >= 0.3 is 0 Å². The lowest BCUT2D eigenvalue weighted by Gasteiger charge is -2.37. The monoisotopic (exact) mass is 198 g/mol. The summed E-state index contributed by atoms with van der Waals surface area (Å²) in [7, 11) is 2.20. The van der Waals surface area contributed by atoms with Crippen molar-refractivity contribution in [2.75, 3.05) is 33.3 Å². The predicted octanol–water partition coefficient (Wildman–Crippen LogP) is 0.537. The highest BCUT2D eigenvalue weighted by molar-refractivity contribution is 4.90. The molecule has 1 unspecified atom stereocenters. The van der Waals surface area contributed by atoms with Crippen molar-refractivity contribution in [1.29, 1.82) is 0 Å². The Kier molecular flexibility index (Phi) is 3.42. The number of hydrogen-bond donors (Lipinski definition) is 1. The third-order valence-corrected chi connectivity index (χ3v) is 3.44. The fraction of sp³-hybridized carbons (Fsp3) is 1.00. The number of rotatable bonds is 4. The minimum atomic E-state index is 0.316. The van der Waals surface area contributed by atoms with Crippen LogP contribution in [0.15, 0.2) is 0 Å². The van der Waals surface area contributed by atoms with Gasteiger partial charge in [0.25, 0.3) is 0 Å². The molecule has 1 aliphatic carbocycles. The van der Waals surface area contributed by atoms with Crippen LogP contribution in [0.5, 0.6) is 0 Å². The summed E-state index contributed by atoms with van der Waals surface area (Å²) in [4.78, 5) is 4.95. The van der Waals surface area contributed by atoms with Crippen LogP contribution >= 0.6 is 0 Å². The van der Waals surface area contributed by atoms with Crippen molar-refractivity contribution in [3.05, 3.63) is 0 Å². The number of piperidine rings is 1. The molecule has 0 bridgehead atoms. The number of likely N-dealkylation sites (N-methyl/N-ethyl adjacent to an activating group) is 1. The summed E-state index contributed by atoms with van der Waals surface area (Å²) in [6, 6.07) is 1.49. The highest BCUT2D eigenvalue weighted by Gasteiger charge is 2.34. The largest absolute Gasteiger partial charge is 0.395 e. The smallest absolute Gasteiger partial charge is 0.0558 e. The second kappa shape index (κ2) is 4.60. The third kappa shape index (κ3) is 2.47. The summed E-state index contributed by atoms with van der Waals surface area (Å²) in [5.41, 5.74) is 0. The van der Waals surface area contributed by atoms with Gasteiger partial charge in [0, 0.05) is 25.2 Å². The molecule has 0 aromatic rings. The van der Waals surface area contributed by atoms with Crippen molar-refractivity contribution in [2.45, 2.75) is 37.8 Å². The summed E-state index contributed by atoms with van der Waals surface area (Å²) in [5.74, 6) is 0. The quantitative estimate of drug-likeness (QED) is 0.714. The molecular weight excluding hydrogens is 176 g/mol. The van der Waals surface area contributed by atoms with Gasteiger partial charge in [-0.3, -0.25) is 4.90 Å². The maximum absolute atomic E-state index is 9.05. The maximum Gasteiger partial charge on any atom is 0.0558 e. The number of aliphatic hydroxyl groups excluding tert-OH is 1. The van der Waals surface area contributed by atoms with Crippen LogP contribution in [0.3, 0.4) is 0 Å². The van der Waals surface area contributed by atoms with E-state index < -0.39 is 0 Å². The van der Waals surface area contributed by atoms with Gasteiger partial charge in [0.15, 0.2) is 0 Å². The average Bonchev–Trinajstić information content (AvgIpc) is 2.97. The van der Waals surface area contributed by atoms with E-state index in [1.54, 1.807) is 0 Å². The first-order chi connectivity index (χ1) is 6.81. The summed E-state index contributed by atoms with van der Waals surface area (Å²) in [6.45, 7) is 3.63. The van der Waals surface area contributed by atoms with Crippen LogP contribution in [0.1, 0.15) is 25.7 Å². The number of hydrogen-bond acceptors (Lipinski definition) is 3. The topological polar surface area (TPSA) is 26.7 Å². The van der Waals surface area contributed by atoms with Gasteiger partial charge < -0.3 is 10.0 Å². The van der Waals surface area contributed by atoms with E-state index in [0.29, 0.717) is 12.6 Å². The minimum Gasteiger partial charge on any atom is -0.395 e.